The predicted octanol–water partition coefficient (Wildman–Crippen LogP) is 5.32. The molecule has 1 nitrogen and oxygen atoms in total. The first-order valence-corrected chi connectivity index (χ1v) is 7.83. The van der Waals surface area contributed by atoms with Gasteiger partial charge in [0.2, 0.25) is 0 Å². The van der Waals surface area contributed by atoms with Crippen molar-refractivity contribution in [3.63, 3.8) is 0 Å². The summed E-state index contributed by atoms with van der Waals surface area (Å²) in [5.74, 6) is 0. The molecule has 0 spiro atoms. The predicted molar refractivity (Wildman–Crippen MR) is 84.0 cm³/mol. The van der Waals surface area contributed by atoms with Crippen molar-refractivity contribution in [2.24, 2.45) is 0 Å². The van der Waals surface area contributed by atoms with Crippen molar-refractivity contribution < 1.29 is 0 Å². The van der Waals surface area contributed by atoms with Crippen LogP contribution in [-0.4, -0.2) is 7.05 Å². The van der Waals surface area contributed by atoms with E-state index in [-0.39, 0.29) is 6.04 Å². The highest BCUT2D eigenvalue weighted by Gasteiger charge is 2.15. The Hall–Kier alpha value is -0.0600. The van der Waals surface area contributed by atoms with Crippen LogP contribution in [0.5, 0.6) is 0 Å². The molecule has 0 bridgehead atoms. The molecule has 0 fully saturated rings. The number of hydrogen-bond donors (Lipinski definition) is 1. The van der Waals surface area contributed by atoms with Crippen LogP contribution in [-0.2, 0) is 6.42 Å². The van der Waals surface area contributed by atoms with Crippen molar-refractivity contribution in [3.8, 4) is 0 Å². The van der Waals surface area contributed by atoms with Gasteiger partial charge in [-0.2, -0.15) is 0 Å². The van der Waals surface area contributed by atoms with Crippen LogP contribution in [0, 0.1) is 0 Å². The molecule has 2 aromatic rings. The Morgan fingerprint density at radius 1 is 1.28 bits per heavy atom. The maximum absolute atomic E-state index is 6.26. The summed E-state index contributed by atoms with van der Waals surface area (Å²) in [6.07, 6.45) is 0.879. The number of benzene rings is 1. The highest BCUT2D eigenvalue weighted by molar-refractivity contribution is 9.10. The largest absolute Gasteiger partial charge is 0.313 e. The van der Waals surface area contributed by atoms with Gasteiger partial charge in [-0.15, -0.1) is 11.3 Å². The summed E-state index contributed by atoms with van der Waals surface area (Å²) in [6, 6.07) is 10.1. The second-order valence-corrected chi connectivity index (χ2v) is 7.04. The fourth-order valence-electron chi connectivity index (χ4n) is 1.81. The van der Waals surface area contributed by atoms with E-state index in [4.69, 9.17) is 23.2 Å². The van der Waals surface area contributed by atoms with Gasteiger partial charge in [0, 0.05) is 26.8 Å². The Bertz CT molecular complexity index is 542. The zero-order valence-electron chi connectivity index (χ0n) is 9.71. The highest BCUT2D eigenvalue weighted by Crippen LogP contribution is 2.31. The molecule has 1 aromatic carbocycles. The van der Waals surface area contributed by atoms with Crippen molar-refractivity contribution in [1.29, 1.82) is 0 Å². The molecule has 1 atom stereocenters. The third kappa shape index (κ3) is 3.49. The Morgan fingerprint density at radius 3 is 2.67 bits per heavy atom. The van der Waals surface area contributed by atoms with Gasteiger partial charge in [0.1, 0.15) is 0 Å². The monoisotopic (exact) mass is 363 g/mol. The standard InChI is InChI=1S/C13H12BrCl2NS/c1-17-12(7-9-3-5-13(16)18-9)10-6-8(14)2-4-11(10)15/h2-6,12,17H,7H2,1H3. The molecule has 0 aliphatic rings. The molecule has 5 heteroatoms. The van der Waals surface area contributed by atoms with Gasteiger partial charge in [-0.25, -0.2) is 0 Å². The third-order valence-electron chi connectivity index (χ3n) is 2.72. The zero-order valence-corrected chi connectivity index (χ0v) is 13.6. The van der Waals surface area contributed by atoms with Gasteiger partial charge in [0.05, 0.1) is 4.34 Å². The molecule has 1 aromatic heterocycles. The normalized spacial score (nSPS) is 12.7. The van der Waals surface area contributed by atoms with Crippen molar-refractivity contribution in [2.45, 2.75) is 12.5 Å². The molecule has 0 amide bonds. The Morgan fingerprint density at radius 2 is 2.06 bits per heavy atom. The molecule has 18 heavy (non-hydrogen) atoms. The minimum absolute atomic E-state index is 0.185. The SMILES string of the molecule is CNC(Cc1ccc(Cl)s1)c1cc(Br)ccc1Cl. The van der Waals surface area contributed by atoms with E-state index in [2.05, 4.69) is 33.4 Å². The van der Waals surface area contributed by atoms with Crippen LogP contribution < -0.4 is 5.32 Å². The fraction of sp³-hybridized carbons (Fsp3) is 0.231. The molecule has 96 valence electrons. The van der Waals surface area contributed by atoms with Crippen LogP contribution >= 0.6 is 50.5 Å². The summed E-state index contributed by atoms with van der Waals surface area (Å²) in [7, 11) is 1.94. The molecule has 1 heterocycles. The molecule has 0 aliphatic heterocycles. The molecule has 0 saturated carbocycles. The molecule has 0 aliphatic carbocycles. The summed E-state index contributed by atoms with van der Waals surface area (Å²) in [6.45, 7) is 0. The van der Waals surface area contributed by atoms with Gasteiger partial charge < -0.3 is 5.32 Å². The van der Waals surface area contributed by atoms with E-state index in [0.717, 1.165) is 25.8 Å². The van der Waals surface area contributed by atoms with E-state index in [1.165, 1.54) is 4.88 Å². The number of hydrogen-bond acceptors (Lipinski definition) is 2. The van der Waals surface area contributed by atoms with Gasteiger partial charge in [-0.05, 0) is 42.9 Å². The van der Waals surface area contributed by atoms with Crippen LogP contribution in [0.2, 0.25) is 9.36 Å². The van der Waals surface area contributed by atoms with Crippen molar-refractivity contribution >= 4 is 50.5 Å². The van der Waals surface area contributed by atoms with Gasteiger partial charge in [-0.1, -0.05) is 39.1 Å². The number of likely N-dealkylation sites (N-methyl/N-ethyl adjacent to an activating group) is 1. The van der Waals surface area contributed by atoms with Crippen LogP contribution in [0.1, 0.15) is 16.5 Å². The van der Waals surface area contributed by atoms with E-state index in [9.17, 15) is 0 Å². The van der Waals surface area contributed by atoms with Crippen LogP contribution in [0.15, 0.2) is 34.8 Å². The van der Waals surface area contributed by atoms with E-state index < -0.39 is 0 Å². The van der Waals surface area contributed by atoms with Crippen LogP contribution in [0.25, 0.3) is 0 Å². The topological polar surface area (TPSA) is 12.0 Å². The summed E-state index contributed by atoms with van der Waals surface area (Å²) < 4.78 is 1.85. The lowest BCUT2D eigenvalue weighted by molar-refractivity contribution is 0.596. The molecular weight excluding hydrogens is 353 g/mol. The molecule has 0 radical (unpaired) electrons. The van der Waals surface area contributed by atoms with Gasteiger partial charge in [0.25, 0.3) is 0 Å². The van der Waals surface area contributed by atoms with Crippen molar-refractivity contribution in [1.82, 2.24) is 5.32 Å². The van der Waals surface area contributed by atoms with Gasteiger partial charge in [0.15, 0.2) is 0 Å². The fourth-order valence-corrected chi connectivity index (χ4v) is 3.57. The van der Waals surface area contributed by atoms with E-state index in [1.54, 1.807) is 11.3 Å². The summed E-state index contributed by atoms with van der Waals surface area (Å²) in [5, 5.41) is 4.08. The number of thiophene rings is 1. The van der Waals surface area contributed by atoms with Gasteiger partial charge >= 0.3 is 0 Å². The lowest BCUT2D eigenvalue weighted by atomic mass is 10.0. The number of halogens is 3. The van der Waals surface area contributed by atoms with Crippen LogP contribution in [0.3, 0.4) is 0 Å². The molecule has 1 unspecified atom stereocenters. The average Bonchev–Trinajstić information content (AvgIpc) is 2.75. The number of nitrogens with one attached hydrogen (secondary N) is 1. The summed E-state index contributed by atoms with van der Waals surface area (Å²) in [4.78, 5) is 1.25. The van der Waals surface area contributed by atoms with Crippen molar-refractivity contribution in [3.05, 3.63) is 54.6 Å². The summed E-state index contributed by atoms with van der Waals surface area (Å²) in [5.41, 5.74) is 1.10. The maximum atomic E-state index is 6.26. The van der Waals surface area contributed by atoms with E-state index >= 15 is 0 Å². The second kappa shape index (κ2) is 6.40. The first-order chi connectivity index (χ1) is 8.60. The molecule has 1 N–H and O–H groups in total. The third-order valence-corrected chi connectivity index (χ3v) is 4.81. The van der Waals surface area contributed by atoms with Gasteiger partial charge in [-0.3, -0.25) is 0 Å². The first kappa shape index (κ1) is 14.4. The minimum atomic E-state index is 0.185. The maximum Gasteiger partial charge on any atom is 0.0931 e. The molecule has 0 saturated heterocycles. The van der Waals surface area contributed by atoms with E-state index in [0.29, 0.717) is 0 Å². The second-order valence-electron chi connectivity index (χ2n) is 3.92. The van der Waals surface area contributed by atoms with Crippen LogP contribution in [0.4, 0.5) is 0 Å². The number of rotatable bonds is 4. The smallest absolute Gasteiger partial charge is 0.0931 e. The minimum Gasteiger partial charge on any atom is -0.313 e. The Labute approximate surface area is 129 Å². The Balaban J connectivity index is 2.25. The lowest BCUT2D eigenvalue weighted by Gasteiger charge is -2.17. The highest BCUT2D eigenvalue weighted by atomic mass is 79.9. The Kier molecular flexibility index (Phi) is 5.10. The average molecular weight is 365 g/mol. The quantitative estimate of drug-likeness (QED) is 0.773. The lowest BCUT2D eigenvalue weighted by Crippen LogP contribution is -2.18. The first-order valence-electron chi connectivity index (χ1n) is 5.46. The summed E-state index contributed by atoms with van der Waals surface area (Å²) >= 11 is 17.3. The molecular formula is C13H12BrCl2NS. The molecule has 2 rings (SSSR count). The zero-order chi connectivity index (χ0) is 13.1. The van der Waals surface area contributed by atoms with E-state index in [1.807, 2.05) is 25.2 Å². The van der Waals surface area contributed by atoms with Crippen molar-refractivity contribution in [2.75, 3.05) is 7.05 Å².